The summed E-state index contributed by atoms with van der Waals surface area (Å²) >= 11 is 13.0. The lowest BCUT2D eigenvalue weighted by molar-refractivity contribution is -0.127. The van der Waals surface area contributed by atoms with Crippen LogP contribution in [0.3, 0.4) is 0 Å². The minimum atomic E-state index is -0.477. The van der Waals surface area contributed by atoms with Crippen LogP contribution in [0.4, 0.5) is 0 Å². The van der Waals surface area contributed by atoms with Crippen LogP contribution < -0.4 is 4.74 Å². The molecule has 0 unspecified atom stereocenters. The van der Waals surface area contributed by atoms with Gasteiger partial charge in [0.25, 0.3) is 0 Å². The number of rotatable bonds is 9. The number of halogens is 2. The number of ether oxygens (including phenoxy) is 3. The Morgan fingerprint density at radius 2 is 1.77 bits per heavy atom. The van der Waals surface area contributed by atoms with Gasteiger partial charge in [0.2, 0.25) is 5.89 Å². The van der Waals surface area contributed by atoms with E-state index in [0.717, 1.165) is 68.4 Å². The first-order chi connectivity index (χ1) is 20.9. The van der Waals surface area contributed by atoms with Crippen LogP contribution in [0.15, 0.2) is 45.8 Å². The van der Waals surface area contributed by atoms with E-state index in [4.69, 9.17) is 51.3 Å². The van der Waals surface area contributed by atoms with Crippen molar-refractivity contribution in [3.8, 4) is 28.5 Å². The Bertz CT molecular complexity index is 1650. The van der Waals surface area contributed by atoms with Gasteiger partial charge in [-0.2, -0.15) is 0 Å². The fourth-order valence-electron chi connectivity index (χ4n) is 6.70. The highest BCUT2D eigenvalue weighted by Gasteiger charge is 2.51. The number of nitrogens with zero attached hydrogens (tertiary/aromatic N) is 3. The third-order valence-corrected chi connectivity index (χ3v) is 10.0. The van der Waals surface area contributed by atoms with Gasteiger partial charge in [0.1, 0.15) is 29.0 Å². The van der Waals surface area contributed by atoms with Crippen molar-refractivity contribution >= 4 is 29.2 Å². The molecule has 0 radical (unpaired) electrons. The molecule has 0 saturated heterocycles. The Morgan fingerprint density at radius 3 is 2.42 bits per heavy atom. The Balaban J connectivity index is 1.08. The van der Waals surface area contributed by atoms with Crippen LogP contribution in [0.5, 0.6) is 5.75 Å². The summed E-state index contributed by atoms with van der Waals surface area (Å²) in [6.45, 7) is 0.390. The van der Waals surface area contributed by atoms with Crippen molar-refractivity contribution in [3.63, 3.8) is 0 Å². The topological polar surface area (TPSA) is 110 Å². The van der Waals surface area contributed by atoms with Crippen molar-refractivity contribution in [3.05, 3.63) is 69.5 Å². The Labute approximate surface area is 258 Å². The lowest BCUT2D eigenvalue weighted by atomic mass is 9.57. The lowest BCUT2D eigenvalue weighted by Gasteiger charge is -2.52. The molecule has 4 aliphatic carbocycles. The van der Waals surface area contributed by atoms with Gasteiger partial charge in [-0.15, -0.1) is 0 Å². The maximum absolute atomic E-state index is 12.3. The molecule has 224 valence electrons. The van der Waals surface area contributed by atoms with E-state index in [1.54, 1.807) is 30.8 Å². The van der Waals surface area contributed by atoms with Gasteiger partial charge >= 0.3 is 5.97 Å². The van der Waals surface area contributed by atoms with Crippen LogP contribution in [-0.4, -0.2) is 40.9 Å². The monoisotopic (exact) mass is 623 g/mol. The largest absolute Gasteiger partial charge is 0.496 e. The number of pyridine rings is 1. The molecule has 0 amide bonds. The maximum atomic E-state index is 12.3. The van der Waals surface area contributed by atoms with Crippen molar-refractivity contribution in [2.45, 2.75) is 74.9 Å². The molecule has 1 aromatic carbocycles. The van der Waals surface area contributed by atoms with Crippen molar-refractivity contribution in [2.75, 3.05) is 14.2 Å². The van der Waals surface area contributed by atoms with E-state index in [1.165, 1.54) is 14.2 Å². The number of benzene rings is 1. The molecule has 2 bridgehead atoms. The van der Waals surface area contributed by atoms with Gasteiger partial charge in [-0.1, -0.05) is 28.4 Å². The Hall–Kier alpha value is -3.40. The van der Waals surface area contributed by atoms with Crippen molar-refractivity contribution in [1.29, 1.82) is 0 Å². The standard InChI is InChI=1S/C32H31Cl2N3O6/c1-39-24-6-5-19(13-20(24)30(38)40-2)29-36-25(17-41-29)31-7-10-32(11-8-31,12-9-31)42-16-21-27(37-43-28(21)18-3-4-18)26-22(33)14-35-15-23(26)34/h5-6,13-15,17-18H,3-4,7-12,16H2,1-2H3. The number of hydrogen-bond acceptors (Lipinski definition) is 9. The summed E-state index contributed by atoms with van der Waals surface area (Å²) in [7, 11) is 2.86. The minimum absolute atomic E-state index is 0.0653. The molecule has 0 aliphatic heterocycles. The van der Waals surface area contributed by atoms with Crippen LogP contribution in [0.25, 0.3) is 22.7 Å². The van der Waals surface area contributed by atoms with E-state index in [0.29, 0.717) is 56.6 Å². The van der Waals surface area contributed by atoms with Gasteiger partial charge < -0.3 is 23.2 Å². The summed E-state index contributed by atoms with van der Waals surface area (Å²) in [6.07, 6.45) is 12.7. The van der Waals surface area contributed by atoms with Crippen LogP contribution in [0.1, 0.15) is 84.7 Å². The van der Waals surface area contributed by atoms with Crippen molar-refractivity contribution in [2.24, 2.45) is 0 Å². The zero-order valence-corrected chi connectivity index (χ0v) is 25.5. The quantitative estimate of drug-likeness (QED) is 0.172. The number of esters is 1. The van der Waals surface area contributed by atoms with Crippen molar-refractivity contribution in [1.82, 2.24) is 15.1 Å². The van der Waals surface area contributed by atoms with Gasteiger partial charge in [-0.25, -0.2) is 9.78 Å². The molecule has 4 fully saturated rings. The third-order valence-electron chi connectivity index (χ3n) is 9.46. The molecular formula is C32H31Cl2N3O6. The SMILES string of the molecule is COC(=O)c1cc(-c2nc(C34CCC(OCc5c(-c6c(Cl)cncc6Cl)noc5C5CC5)(CC3)CC4)co2)ccc1OC. The first-order valence-electron chi connectivity index (χ1n) is 14.5. The molecule has 0 spiro atoms. The molecule has 11 heteroatoms. The average Bonchev–Trinajstić information content (AvgIpc) is 3.60. The Kier molecular flexibility index (Phi) is 7.22. The highest BCUT2D eigenvalue weighted by molar-refractivity contribution is 6.38. The highest BCUT2D eigenvalue weighted by Crippen LogP contribution is 2.56. The normalized spacial score (nSPS) is 23.0. The van der Waals surface area contributed by atoms with E-state index >= 15 is 0 Å². The van der Waals surface area contributed by atoms with E-state index < -0.39 is 5.97 Å². The average molecular weight is 625 g/mol. The second-order valence-electron chi connectivity index (χ2n) is 11.8. The third kappa shape index (κ3) is 5.01. The van der Waals surface area contributed by atoms with E-state index in [-0.39, 0.29) is 11.0 Å². The van der Waals surface area contributed by atoms with Crippen LogP contribution in [0.2, 0.25) is 10.0 Å². The molecule has 4 aromatic rings. The van der Waals surface area contributed by atoms with Gasteiger partial charge in [-0.05, 0) is 69.6 Å². The maximum Gasteiger partial charge on any atom is 0.341 e. The molecule has 0 N–H and O–H groups in total. The summed E-state index contributed by atoms with van der Waals surface area (Å²) in [5.41, 5.74) is 3.89. The molecule has 4 saturated carbocycles. The molecule has 0 atom stereocenters. The van der Waals surface area contributed by atoms with Crippen LogP contribution in [-0.2, 0) is 21.5 Å². The summed E-state index contributed by atoms with van der Waals surface area (Å²) < 4.78 is 28.8. The molecule has 9 nitrogen and oxygen atoms in total. The zero-order chi connectivity index (χ0) is 29.8. The summed E-state index contributed by atoms with van der Waals surface area (Å²) in [5, 5.41) is 5.27. The van der Waals surface area contributed by atoms with Gasteiger partial charge in [0.15, 0.2) is 0 Å². The number of hydrogen-bond donors (Lipinski definition) is 0. The second-order valence-corrected chi connectivity index (χ2v) is 12.6. The summed E-state index contributed by atoms with van der Waals surface area (Å²) in [5.74, 6) is 1.66. The minimum Gasteiger partial charge on any atom is -0.496 e. The first kappa shape index (κ1) is 28.4. The van der Waals surface area contributed by atoms with Crippen LogP contribution >= 0.6 is 23.2 Å². The second kappa shape index (κ2) is 10.9. The lowest BCUT2D eigenvalue weighted by Crippen LogP contribution is -2.49. The first-order valence-corrected chi connectivity index (χ1v) is 15.3. The smallest absolute Gasteiger partial charge is 0.341 e. The summed E-state index contributed by atoms with van der Waals surface area (Å²) in [6, 6.07) is 5.25. The van der Waals surface area contributed by atoms with Gasteiger partial charge in [-0.3, -0.25) is 4.98 Å². The zero-order valence-electron chi connectivity index (χ0n) is 24.0. The number of aromatic nitrogens is 3. The number of carbonyl (C=O) groups excluding carboxylic acids is 1. The van der Waals surface area contributed by atoms with Gasteiger partial charge in [0, 0.05) is 40.4 Å². The number of methoxy groups -OCH3 is 2. The van der Waals surface area contributed by atoms with Crippen molar-refractivity contribution < 1.29 is 27.9 Å². The molecule has 4 aliphatic rings. The van der Waals surface area contributed by atoms with E-state index in [1.807, 2.05) is 6.07 Å². The predicted octanol–water partition coefficient (Wildman–Crippen LogP) is 7.93. The van der Waals surface area contributed by atoms with Crippen LogP contribution in [0, 0.1) is 0 Å². The fraction of sp³-hybridized carbons (Fsp3) is 0.438. The Morgan fingerprint density at radius 1 is 1.05 bits per heavy atom. The van der Waals surface area contributed by atoms with E-state index in [9.17, 15) is 4.79 Å². The number of carbonyl (C=O) groups is 1. The van der Waals surface area contributed by atoms with Gasteiger partial charge in [0.05, 0.1) is 42.2 Å². The number of fused-ring (bicyclic) bond motifs is 3. The molecule has 3 aromatic heterocycles. The summed E-state index contributed by atoms with van der Waals surface area (Å²) in [4.78, 5) is 21.3. The fourth-order valence-corrected chi connectivity index (χ4v) is 7.24. The molecule has 43 heavy (non-hydrogen) atoms. The number of oxazole rings is 1. The van der Waals surface area contributed by atoms with E-state index in [2.05, 4.69) is 10.1 Å². The highest BCUT2D eigenvalue weighted by atomic mass is 35.5. The molecule has 3 heterocycles. The predicted molar refractivity (Wildman–Crippen MR) is 158 cm³/mol. The molecule has 8 rings (SSSR count). The molecular weight excluding hydrogens is 593 g/mol.